The van der Waals surface area contributed by atoms with Crippen molar-refractivity contribution in [2.75, 3.05) is 24.3 Å². The smallest absolute Gasteiger partial charge is 0.226 e. The molecule has 0 aromatic carbocycles. The van der Waals surface area contributed by atoms with Crippen molar-refractivity contribution in [2.45, 2.75) is 32.4 Å². The Morgan fingerprint density at radius 1 is 1.44 bits per heavy atom. The van der Waals surface area contributed by atoms with E-state index in [0.29, 0.717) is 11.8 Å². The van der Waals surface area contributed by atoms with E-state index < -0.39 is 11.6 Å². The van der Waals surface area contributed by atoms with Crippen molar-refractivity contribution in [3.8, 4) is 0 Å². The number of hydrogen-bond donors (Lipinski definition) is 2. The Hall–Kier alpha value is -1.36. The van der Waals surface area contributed by atoms with E-state index in [9.17, 15) is 5.11 Å². The summed E-state index contributed by atoms with van der Waals surface area (Å²) in [6.45, 7) is 5.60. The molecular weight excluding hydrogens is 204 g/mol. The summed E-state index contributed by atoms with van der Waals surface area (Å²) in [5, 5.41) is 12.8. The van der Waals surface area contributed by atoms with Gasteiger partial charge in [0.15, 0.2) is 0 Å². The Kier molecular flexibility index (Phi) is 3.70. The molecule has 0 aliphatic carbocycles. The predicted octanol–water partition coefficient (Wildman–Crippen LogP) is 1.11. The van der Waals surface area contributed by atoms with Crippen LogP contribution in [0, 0.1) is 0 Å². The van der Waals surface area contributed by atoms with E-state index in [1.165, 1.54) is 0 Å². The molecule has 1 rings (SSSR count). The minimum Gasteiger partial charge on any atom is -0.391 e. The van der Waals surface area contributed by atoms with Gasteiger partial charge in [-0.05, 0) is 26.8 Å². The zero-order valence-corrected chi connectivity index (χ0v) is 10.5. The monoisotopic (exact) mass is 224 g/mol. The lowest BCUT2D eigenvalue weighted by Gasteiger charge is -2.30. The number of rotatable bonds is 4. The van der Waals surface area contributed by atoms with Crippen molar-refractivity contribution >= 4 is 11.8 Å². The van der Waals surface area contributed by atoms with Crippen LogP contribution in [0.5, 0.6) is 0 Å². The lowest BCUT2D eigenvalue weighted by molar-refractivity contribution is 0.133. The minimum atomic E-state index is -0.467. The van der Waals surface area contributed by atoms with Crippen molar-refractivity contribution < 1.29 is 5.11 Å². The first-order chi connectivity index (χ1) is 7.33. The molecular formula is C11H20N4O. The maximum atomic E-state index is 9.60. The van der Waals surface area contributed by atoms with Gasteiger partial charge in [-0.2, -0.15) is 4.98 Å². The highest BCUT2D eigenvalue weighted by atomic mass is 16.3. The van der Waals surface area contributed by atoms with Gasteiger partial charge in [0.2, 0.25) is 5.95 Å². The molecule has 90 valence electrons. The summed E-state index contributed by atoms with van der Waals surface area (Å²) in [6, 6.07) is 1.79. The van der Waals surface area contributed by atoms with Crippen molar-refractivity contribution in [2.24, 2.45) is 0 Å². The first-order valence-corrected chi connectivity index (χ1v) is 5.29. The summed E-state index contributed by atoms with van der Waals surface area (Å²) in [5.41, 5.74) is -0.419. The van der Waals surface area contributed by atoms with E-state index in [-0.39, 0.29) is 0 Å². The van der Waals surface area contributed by atoms with Crippen molar-refractivity contribution in [3.63, 3.8) is 0 Å². The van der Waals surface area contributed by atoms with Crippen LogP contribution in [0.4, 0.5) is 11.8 Å². The van der Waals surface area contributed by atoms with Crippen LogP contribution < -0.4 is 10.2 Å². The van der Waals surface area contributed by atoms with E-state index in [0.717, 1.165) is 0 Å². The molecule has 5 heteroatoms. The minimum absolute atomic E-state index is 0.419. The summed E-state index contributed by atoms with van der Waals surface area (Å²) >= 11 is 0. The highest BCUT2D eigenvalue weighted by molar-refractivity contribution is 5.42. The number of nitrogens with one attached hydrogen (secondary N) is 1. The zero-order valence-electron chi connectivity index (χ0n) is 10.5. The number of anilines is 2. The van der Waals surface area contributed by atoms with Crippen LogP contribution in [0.25, 0.3) is 0 Å². The fourth-order valence-electron chi connectivity index (χ4n) is 1.07. The fraction of sp³-hybridized carbons (Fsp3) is 0.636. The second-order valence-electron chi connectivity index (χ2n) is 4.66. The molecule has 0 saturated carbocycles. The van der Waals surface area contributed by atoms with E-state index in [1.54, 1.807) is 19.2 Å². The van der Waals surface area contributed by atoms with Gasteiger partial charge in [0.1, 0.15) is 5.82 Å². The van der Waals surface area contributed by atoms with E-state index in [2.05, 4.69) is 15.3 Å². The third kappa shape index (κ3) is 3.06. The van der Waals surface area contributed by atoms with Crippen LogP contribution >= 0.6 is 0 Å². The molecule has 1 heterocycles. The molecule has 0 bridgehead atoms. The van der Waals surface area contributed by atoms with Crippen LogP contribution in [0.3, 0.4) is 0 Å². The molecule has 0 saturated heterocycles. The molecule has 0 aliphatic heterocycles. The molecule has 0 radical (unpaired) electrons. The second-order valence-corrected chi connectivity index (χ2v) is 4.66. The van der Waals surface area contributed by atoms with Crippen molar-refractivity contribution in [3.05, 3.63) is 12.3 Å². The maximum Gasteiger partial charge on any atom is 0.226 e. The summed E-state index contributed by atoms with van der Waals surface area (Å²) in [7, 11) is 3.78. The Labute approximate surface area is 96.5 Å². The molecule has 1 aromatic heterocycles. The summed E-state index contributed by atoms with van der Waals surface area (Å²) < 4.78 is 0. The predicted molar refractivity (Wildman–Crippen MR) is 65.7 cm³/mol. The van der Waals surface area contributed by atoms with Crippen LogP contribution in [-0.4, -0.2) is 40.8 Å². The molecule has 2 N–H and O–H groups in total. The molecule has 1 atom stereocenters. The largest absolute Gasteiger partial charge is 0.391 e. The molecule has 0 spiro atoms. The number of aromatic nitrogens is 2. The van der Waals surface area contributed by atoms with Gasteiger partial charge in [-0.3, -0.25) is 0 Å². The number of aliphatic hydroxyl groups excluding tert-OH is 1. The van der Waals surface area contributed by atoms with Crippen molar-refractivity contribution in [1.29, 1.82) is 0 Å². The third-order valence-electron chi connectivity index (χ3n) is 2.54. The Morgan fingerprint density at radius 3 is 2.56 bits per heavy atom. The topological polar surface area (TPSA) is 61.3 Å². The molecule has 0 amide bonds. The molecule has 5 nitrogen and oxygen atoms in total. The van der Waals surface area contributed by atoms with Gasteiger partial charge < -0.3 is 15.3 Å². The Balaban J connectivity index is 2.86. The van der Waals surface area contributed by atoms with E-state index >= 15 is 0 Å². The van der Waals surface area contributed by atoms with E-state index in [1.807, 2.05) is 32.8 Å². The van der Waals surface area contributed by atoms with Crippen LogP contribution in [0.1, 0.15) is 20.8 Å². The Morgan fingerprint density at radius 2 is 2.06 bits per heavy atom. The highest BCUT2D eigenvalue weighted by Gasteiger charge is 2.24. The standard InChI is InChI=1S/C11H20N4O/c1-8(16)11(2,3)14-9-6-7-12-10(13-9)15(4)5/h6-8,16H,1-5H3,(H,12,13,14). The SMILES string of the molecule is CC(O)C(C)(C)Nc1ccnc(N(C)C)n1. The van der Waals surface area contributed by atoms with Crippen molar-refractivity contribution in [1.82, 2.24) is 9.97 Å². The Bertz CT molecular complexity index is 350. The number of nitrogens with zero attached hydrogens (tertiary/aromatic N) is 3. The van der Waals surface area contributed by atoms with Gasteiger partial charge >= 0.3 is 0 Å². The summed E-state index contributed by atoms with van der Waals surface area (Å²) in [6.07, 6.45) is 1.23. The molecule has 0 aliphatic rings. The van der Waals surface area contributed by atoms with Crippen LogP contribution in [0.15, 0.2) is 12.3 Å². The highest BCUT2D eigenvalue weighted by Crippen LogP contribution is 2.17. The van der Waals surface area contributed by atoms with Gasteiger partial charge in [-0.25, -0.2) is 4.98 Å². The third-order valence-corrected chi connectivity index (χ3v) is 2.54. The lowest BCUT2D eigenvalue weighted by atomic mass is 9.99. The first-order valence-electron chi connectivity index (χ1n) is 5.29. The van der Waals surface area contributed by atoms with Crippen LogP contribution in [-0.2, 0) is 0 Å². The van der Waals surface area contributed by atoms with Gasteiger partial charge in [-0.1, -0.05) is 0 Å². The van der Waals surface area contributed by atoms with Gasteiger partial charge in [-0.15, -0.1) is 0 Å². The lowest BCUT2D eigenvalue weighted by Crippen LogP contribution is -2.42. The summed E-state index contributed by atoms with van der Waals surface area (Å²) in [5.74, 6) is 1.36. The number of aliphatic hydroxyl groups is 1. The molecule has 16 heavy (non-hydrogen) atoms. The average molecular weight is 224 g/mol. The second kappa shape index (κ2) is 4.65. The average Bonchev–Trinajstić information content (AvgIpc) is 2.17. The van der Waals surface area contributed by atoms with Crippen LogP contribution in [0.2, 0.25) is 0 Å². The van der Waals surface area contributed by atoms with Gasteiger partial charge in [0.05, 0.1) is 11.6 Å². The molecule has 0 fully saturated rings. The van der Waals surface area contributed by atoms with Gasteiger partial charge in [0.25, 0.3) is 0 Å². The molecule has 1 aromatic rings. The van der Waals surface area contributed by atoms with E-state index in [4.69, 9.17) is 0 Å². The first kappa shape index (κ1) is 12.7. The maximum absolute atomic E-state index is 9.60. The quantitative estimate of drug-likeness (QED) is 0.802. The van der Waals surface area contributed by atoms with Gasteiger partial charge in [0, 0.05) is 20.3 Å². The normalized spacial score (nSPS) is 13.4. The molecule has 1 unspecified atom stereocenters. The fourth-order valence-corrected chi connectivity index (χ4v) is 1.07. The zero-order chi connectivity index (χ0) is 12.3. The summed E-state index contributed by atoms with van der Waals surface area (Å²) in [4.78, 5) is 10.3. The number of hydrogen-bond acceptors (Lipinski definition) is 5.